The van der Waals surface area contributed by atoms with Gasteiger partial charge in [-0.15, -0.1) is 0 Å². The van der Waals surface area contributed by atoms with Crippen molar-refractivity contribution in [2.45, 2.75) is 26.7 Å². The maximum Gasteiger partial charge on any atom is 0.339 e. The molecule has 1 aliphatic rings. The molecule has 0 saturated carbocycles. The van der Waals surface area contributed by atoms with E-state index in [2.05, 4.69) is 11.0 Å². The number of fused-ring (bicyclic) bond motifs is 1. The van der Waals surface area contributed by atoms with Crippen LogP contribution in [0.2, 0.25) is 0 Å². The van der Waals surface area contributed by atoms with Crippen LogP contribution in [0.15, 0.2) is 51.7 Å². The van der Waals surface area contributed by atoms with Crippen molar-refractivity contribution in [3.05, 3.63) is 64.0 Å². The first-order valence-electron chi connectivity index (χ1n) is 11.4. The smallest absolute Gasteiger partial charge is 0.339 e. The maximum absolute atomic E-state index is 12.9. The van der Waals surface area contributed by atoms with Crippen LogP contribution in [-0.2, 0) is 11.2 Å². The van der Waals surface area contributed by atoms with Crippen molar-refractivity contribution in [3.8, 4) is 11.5 Å². The third-order valence-corrected chi connectivity index (χ3v) is 6.22. The van der Waals surface area contributed by atoms with Gasteiger partial charge in [0.25, 0.3) is 0 Å². The van der Waals surface area contributed by atoms with Crippen LogP contribution >= 0.6 is 0 Å². The fourth-order valence-electron chi connectivity index (χ4n) is 4.37. The molecule has 7 heteroatoms. The normalized spacial score (nSPS) is 13.9. The van der Waals surface area contributed by atoms with Crippen molar-refractivity contribution >= 4 is 22.6 Å². The lowest BCUT2D eigenvalue weighted by molar-refractivity contribution is -0.131. The molecule has 1 aliphatic heterocycles. The second-order valence-electron chi connectivity index (χ2n) is 8.12. The summed E-state index contributed by atoms with van der Waals surface area (Å²) in [6, 6.07) is 13.4. The van der Waals surface area contributed by atoms with Gasteiger partial charge in [-0.1, -0.05) is 12.1 Å². The first kappa shape index (κ1) is 22.7. The van der Waals surface area contributed by atoms with E-state index in [-0.39, 0.29) is 12.3 Å². The molecule has 2 aromatic carbocycles. The molecule has 0 atom stereocenters. The minimum absolute atomic E-state index is 0.0568. The Hall–Kier alpha value is -3.48. The number of anilines is 1. The highest BCUT2D eigenvalue weighted by atomic mass is 16.5. The predicted molar refractivity (Wildman–Crippen MR) is 128 cm³/mol. The van der Waals surface area contributed by atoms with Crippen LogP contribution in [0.3, 0.4) is 0 Å². The van der Waals surface area contributed by atoms with E-state index in [1.807, 2.05) is 49.1 Å². The second kappa shape index (κ2) is 9.98. The van der Waals surface area contributed by atoms with E-state index in [0.717, 1.165) is 35.5 Å². The Bertz CT molecular complexity index is 1190. The van der Waals surface area contributed by atoms with E-state index >= 15 is 0 Å². The van der Waals surface area contributed by atoms with Gasteiger partial charge in [-0.25, -0.2) is 4.79 Å². The average Bonchev–Trinajstić information content (AvgIpc) is 2.84. The van der Waals surface area contributed by atoms with E-state index in [1.54, 1.807) is 13.2 Å². The molecular weight excluding hydrogens is 420 g/mol. The molecule has 4 rings (SSSR count). The molecule has 33 heavy (non-hydrogen) atoms. The predicted octanol–water partition coefficient (Wildman–Crippen LogP) is 3.79. The van der Waals surface area contributed by atoms with Crippen molar-refractivity contribution in [2.75, 3.05) is 44.8 Å². The number of carbonyl (C=O) groups excluding carboxylic acids is 1. The summed E-state index contributed by atoms with van der Waals surface area (Å²) in [6.07, 6.45) is 0.644. The van der Waals surface area contributed by atoms with Crippen molar-refractivity contribution in [1.29, 1.82) is 0 Å². The van der Waals surface area contributed by atoms with E-state index in [9.17, 15) is 9.59 Å². The summed E-state index contributed by atoms with van der Waals surface area (Å²) in [5.74, 6) is 1.56. The van der Waals surface area contributed by atoms with Gasteiger partial charge in [-0.2, -0.15) is 0 Å². The summed E-state index contributed by atoms with van der Waals surface area (Å²) in [5, 5.41) is 0.861. The highest BCUT2D eigenvalue weighted by Gasteiger charge is 2.23. The summed E-state index contributed by atoms with van der Waals surface area (Å²) in [6.45, 7) is 7.27. The van der Waals surface area contributed by atoms with Crippen molar-refractivity contribution in [3.63, 3.8) is 0 Å². The van der Waals surface area contributed by atoms with Crippen LogP contribution in [0, 0.1) is 6.92 Å². The minimum Gasteiger partial charge on any atom is -0.497 e. The molecule has 0 aliphatic carbocycles. The summed E-state index contributed by atoms with van der Waals surface area (Å²) in [7, 11) is 1.57. The number of amides is 1. The number of aryl methyl sites for hydroxylation is 1. The Morgan fingerprint density at radius 1 is 1.09 bits per heavy atom. The lowest BCUT2D eigenvalue weighted by Crippen LogP contribution is -2.49. The molecule has 174 valence electrons. The first-order chi connectivity index (χ1) is 16.0. The summed E-state index contributed by atoms with van der Waals surface area (Å²) >= 11 is 0. The zero-order valence-corrected chi connectivity index (χ0v) is 19.4. The van der Waals surface area contributed by atoms with E-state index < -0.39 is 5.63 Å². The number of benzene rings is 2. The fourth-order valence-corrected chi connectivity index (χ4v) is 4.37. The molecule has 0 spiro atoms. The molecule has 1 aromatic heterocycles. The number of hydrogen-bond acceptors (Lipinski definition) is 6. The number of piperazine rings is 1. The minimum atomic E-state index is -0.390. The lowest BCUT2D eigenvalue weighted by Gasteiger charge is -2.36. The zero-order valence-electron chi connectivity index (χ0n) is 19.4. The van der Waals surface area contributed by atoms with Gasteiger partial charge in [0, 0.05) is 49.6 Å². The molecule has 1 fully saturated rings. The Morgan fingerprint density at radius 2 is 1.85 bits per heavy atom. The average molecular weight is 451 g/mol. The Kier molecular flexibility index (Phi) is 6.87. The van der Waals surface area contributed by atoms with Crippen LogP contribution in [0.4, 0.5) is 5.69 Å². The van der Waals surface area contributed by atoms with Crippen molar-refractivity contribution in [1.82, 2.24) is 4.90 Å². The van der Waals surface area contributed by atoms with Crippen molar-refractivity contribution < 1.29 is 18.7 Å². The number of carbonyl (C=O) groups is 1. The highest BCUT2D eigenvalue weighted by molar-refractivity contribution is 5.83. The summed E-state index contributed by atoms with van der Waals surface area (Å²) in [4.78, 5) is 29.6. The largest absolute Gasteiger partial charge is 0.497 e. The van der Waals surface area contributed by atoms with Gasteiger partial charge >= 0.3 is 5.63 Å². The van der Waals surface area contributed by atoms with Gasteiger partial charge in [-0.05, 0) is 50.1 Å². The van der Waals surface area contributed by atoms with Crippen molar-refractivity contribution in [2.24, 2.45) is 0 Å². The number of rotatable bonds is 7. The molecule has 0 N–H and O–H groups in total. The maximum atomic E-state index is 12.9. The third kappa shape index (κ3) is 4.82. The fraction of sp³-hybridized carbons (Fsp3) is 0.385. The SMILES string of the molecule is CCOc1ccccc1N1CCN(C(=O)CCc2c(C)c3ccc(OC)cc3oc2=O)CC1. The number of para-hydroxylation sites is 2. The van der Waals surface area contributed by atoms with E-state index in [4.69, 9.17) is 13.9 Å². The second-order valence-corrected chi connectivity index (χ2v) is 8.12. The van der Waals surface area contributed by atoms with Gasteiger partial charge in [0.15, 0.2) is 0 Å². The molecule has 1 saturated heterocycles. The topological polar surface area (TPSA) is 72.2 Å². The number of nitrogens with zero attached hydrogens (tertiary/aromatic N) is 2. The van der Waals surface area contributed by atoms with Crippen LogP contribution < -0.4 is 20.0 Å². The molecule has 1 amide bonds. The Labute approximate surface area is 193 Å². The quantitative estimate of drug-likeness (QED) is 0.510. The van der Waals surface area contributed by atoms with Gasteiger partial charge in [0.05, 0.1) is 19.4 Å². The van der Waals surface area contributed by atoms with E-state index in [1.165, 1.54) is 0 Å². The molecule has 3 aromatic rings. The molecule has 0 radical (unpaired) electrons. The van der Waals surface area contributed by atoms with Gasteiger partial charge < -0.3 is 23.7 Å². The van der Waals surface area contributed by atoms with Gasteiger partial charge in [0.2, 0.25) is 5.91 Å². The highest BCUT2D eigenvalue weighted by Crippen LogP contribution is 2.29. The Balaban J connectivity index is 1.39. The standard InChI is InChI=1S/C26H30N2O5/c1-4-32-23-8-6-5-7-22(23)27-13-15-28(16-14-27)25(29)12-11-21-18(2)20-10-9-19(31-3)17-24(20)33-26(21)30/h5-10,17H,4,11-16H2,1-3H3. The van der Waals surface area contributed by atoms with Gasteiger partial charge in [-0.3, -0.25) is 4.79 Å². The monoisotopic (exact) mass is 450 g/mol. The molecule has 2 heterocycles. The molecular formula is C26H30N2O5. The number of hydrogen-bond donors (Lipinski definition) is 0. The summed E-state index contributed by atoms with van der Waals surface area (Å²) in [5.41, 5.74) is 2.58. The number of methoxy groups -OCH3 is 1. The van der Waals surface area contributed by atoms with Crippen LogP contribution in [0.25, 0.3) is 11.0 Å². The van der Waals surface area contributed by atoms with Gasteiger partial charge in [0.1, 0.15) is 17.1 Å². The molecule has 0 bridgehead atoms. The number of ether oxygens (including phenoxy) is 2. The van der Waals surface area contributed by atoms with Crippen LogP contribution in [0.1, 0.15) is 24.5 Å². The Morgan fingerprint density at radius 3 is 2.58 bits per heavy atom. The first-order valence-corrected chi connectivity index (χ1v) is 11.4. The summed E-state index contributed by atoms with van der Waals surface area (Å²) < 4.78 is 16.5. The van der Waals surface area contributed by atoms with Crippen LogP contribution in [-0.4, -0.2) is 50.7 Å². The third-order valence-electron chi connectivity index (χ3n) is 6.22. The zero-order chi connectivity index (χ0) is 23.4. The van der Waals surface area contributed by atoms with E-state index in [0.29, 0.717) is 43.0 Å². The molecule has 7 nitrogen and oxygen atoms in total. The lowest BCUT2D eigenvalue weighted by atomic mass is 10.0. The van der Waals surface area contributed by atoms with Crippen LogP contribution in [0.5, 0.6) is 11.5 Å². The molecule has 0 unspecified atom stereocenters.